The van der Waals surface area contributed by atoms with Crippen LogP contribution < -0.4 is 10.6 Å². The standard InChI is InChI=1S/C19H20N6O/c1-11(19(2,3)4)23-17-13-6-5-12(9-15(13)26-25-17)24-18-16-14(10-22-18)20-7-8-21-16/h5-9H,1,10H2,2-4H3,(H,22,24)(H,23,25). The molecule has 0 spiro atoms. The Morgan fingerprint density at radius 3 is 2.81 bits per heavy atom. The van der Waals surface area contributed by atoms with Crippen LogP contribution >= 0.6 is 0 Å². The van der Waals surface area contributed by atoms with Gasteiger partial charge in [-0.2, -0.15) is 0 Å². The summed E-state index contributed by atoms with van der Waals surface area (Å²) in [6.45, 7) is 10.9. The molecule has 0 amide bonds. The van der Waals surface area contributed by atoms with Crippen LogP contribution in [0, 0.1) is 5.41 Å². The van der Waals surface area contributed by atoms with Gasteiger partial charge in [-0.15, -0.1) is 0 Å². The van der Waals surface area contributed by atoms with Gasteiger partial charge in [0.05, 0.1) is 17.6 Å². The highest BCUT2D eigenvalue weighted by Gasteiger charge is 2.20. The van der Waals surface area contributed by atoms with E-state index in [1.807, 2.05) is 18.2 Å². The number of nitrogens with zero attached hydrogens (tertiary/aromatic N) is 4. The molecule has 0 fully saturated rings. The highest BCUT2D eigenvalue weighted by atomic mass is 16.5. The van der Waals surface area contributed by atoms with Gasteiger partial charge >= 0.3 is 0 Å². The van der Waals surface area contributed by atoms with Gasteiger partial charge in [-0.05, 0) is 12.1 Å². The number of hydrogen-bond acceptors (Lipinski definition) is 7. The minimum atomic E-state index is -0.0676. The Bertz CT molecular complexity index is 1030. The molecule has 0 atom stereocenters. The lowest BCUT2D eigenvalue weighted by Gasteiger charge is -2.21. The molecular weight excluding hydrogens is 328 g/mol. The number of aromatic nitrogens is 3. The third-order valence-corrected chi connectivity index (χ3v) is 4.29. The number of amidine groups is 1. The van der Waals surface area contributed by atoms with Crippen LogP contribution in [-0.2, 0) is 6.54 Å². The summed E-state index contributed by atoms with van der Waals surface area (Å²) < 4.78 is 5.48. The fourth-order valence-corrected chi connectivity index (χ4v) is 2.58. The Labute approximate surface area is 151 Å². The second-order valence-corrected chi connectivity index (χ2v) is 7.24. The van der Waals surface area contributed by atoms with Gasteiger partial charge in [-0.3, -0.25) is 9.98 Å². The van der Waals surface area contributed by atoms with E-state index in [1.165, 1.54) is 0 Å². The molecule has 7 heteroatoms. The van der Waals surface area contributed by atoms with E-state index in [0.29, 0.717) is 23.8 Å². The average Bonchev–Trinajstić information content (AvgIpc) is 3.19. The van der Waals surface area contributed by atoms with Gasteiger partial charge in [0.25, 0.3) is 0 Å². The number of nitrogens with one attached hydrogen (secondary N) is 2. The van der Waals surface area contributed by atoms with Crippen molar-refractivity contribution in [1.82, 2.24) is 15.1 Å². The first kappa shape index (κ1) is 16.3. The molecule has 132 valence electrons. The Hall–Kier alpha value is -3.22. The number of hydrogen-bond donors (Lipinski definition) is 2. The van der Waals surface area contributed by atoms with Crippen molar-refractivity contribution in [3.05, 3.63) is 54.3 Å². The molecule has 0 bridgehead atoms. The maximum Gasteiger partial charge on any atom is 0.181 e. The summed E-state index contributed by atoms with van der Waals surface area (Å²) in [5.41, 5.74) is 4.01. The van der Waals surface area contributed by atoms with E-state index in [2.05, 4.69) is 58.1 Å². The van der Waals surface area contributed by atoms with Crippen LogP contribution in [0.3, 0.4) is 0 Å². The van der Waals surface area contributed by atoms with Crippen LogP contribution in [0.2, 0.25) is 0 Å². The highest BCUT2D eigenvalue weighted by molar-refractivity contribution is 6.09. The Morgan fingerprint density at radius 2 is 2.00 bits per heavy atom. The van der Waals surface area contributed by atoms with Gasteiger partial charge in [0.2, 0.25) is 0 Å². The molecule has 0 saturated carbocycles. The summed E-state index contributed by atoms with van der Waals surface area (Å²) in [4.78, 5) is 13.1. The summed E-state index contributed by atoms with van der Waals surface area (Å²) in [7, 11) is 0. The van der Waals surface area contributed by atoms with Crippen molar-refractivity contribution in [3.8, 4) is 0 Å². The van der Waals surface area contributed by atoms with E-state index < -0.39 is 0 Å². The van der Waals surface area contributed by atoms with Gasteiger partial charge in [-0.25, -0.2) is 4.98 Å². The van der Waals surface area contributed by atoms with E-state index in [9.17, 15) is 0 Å². The number of anilines is 2. The predicted molar refractivity (Wildman–Crippen MR) is 102 cm³/mol. The molecule has 1 aliphatic rings. The van der Waals surface area contributed by atoms with Gasteiger partial charge in [0.1, 0.15) is 5.69 Å². The molecule has 4 rings (SSSR count). The maximum absolute atomic E-state index is 5.48. The first-order valence-corrected chi connectivity index (χ1v) is 8.39. The first-order chi connectivity index (χ1) is 12.4. The molecular formula is C19H20N6O. The summed E-state index contributed by atoms with van der Waals surface area (Å²) in [5, 5.41) is 11.6. The summed E-state index contributed by atoms with van der Waals surface area (Å²) in [5.74, 6) is 1.38. The highest BCUT2D eigenvalue weighted by Crippen LogP contribution is 2.30. The fourth-order valence-electron chi connectivity index (χ4n) is 2.58. The van der Waals surface area contributed by atoms with Crippen LogP contribution in [0.15, 0.2) is 52.4 Å². The van der Waals surface area contributed by atoms with E-state index in [1.54, 1.807) is 12.4 Å². The van der Waals surface area contributed by atoms with E-state index in [-0.39, 0.29) is 5.41 Å². The van der Waals surface area contributed by atoms with E-state index in [4.69, 9.17) is 4.52 Å². The van der Waals surface area contributed by atoms with Crippen LogP contribution in [-0.4, -0.2) is 21.0 Å². The molecule has 1 aliphatic heterocycles. The van der Waals surface area contributed by atoms with Gasteiger partial charge in [0.15, 0.2) is 17.2 Å². The number of fused-ring (bicyclic) bond motifs is 2. The third-order valence-electron chi connectivity index (χ3n) is 4.29. The fraction of sp³-hybridized carbons (Fsp3) is 0.263. The molecule has 0 saturated heterocycles. The number of allylic oxidation sites excluding steroid dienone is 1. The van der Waals surface area contributed by atoms with Crippen molar-refractivity contribution in [2.45, 2.75) is 27.3 Å². The van der Waals surface area contributed by atoms with Crippen molar-refractivity contribution in [3.63, 3.8) is 0 Å². The van der Waals surface area contributed by atoms with Gasteiger partial charge < -0.3 is 15.2 Å². The zero-order valence-electron chi connectivity index (χ0n) is 15.0. The molecule has 7 nitrogen and oxygen atoms in total. The Balaban J connectivity index is 1.57. The van der Waals surface area contributed by atoms with Crippen LogP contribution in [0.4, 0.5) is 11.5 Å². The Morgan fingerprint density at radius 1 is 1.19 bits per heavy atom. The van der Waals surface area contributed by atoms with E-state index in [0.717, 1.165) is 28.2 Å². The number of aliphatic imine (C=N–C) groups is 1. The van der Waals surface area contributed by atoms with Crippen molar-refractivity contribution in [2.24, 2.45) is 10.4 Å². The van der Waals surface area contributed by atoms with Crippen LogP contribution in [0.5, 0.6) is 0 Å². The smallest absolute Gasteiger partial charge is 0.181 e. The second kappa shape index (κ2) is 5.94. The zero-order valence-corrected chi connectivity index (χ0v) is 15.0. The topological polar surface area (TPSA) is 88.2 Å². The molecule has 3 aromatic rings. The van der Waals surface area contributed by atoms with Crippen molar-refractivity contribution >= 4 is 28.3 Å². The van der Waals surface area contributed by atoms with Crippen molar-refractivity contribution in [2.75, 3.05) is 10.6 Å². The normalized spacial score (nSPS) is 13.4. The molecule has 0 aliphatic carbocycles. The van der Waals surface area contributed by atoms with Crippen molar-refractivity contribution < 1.29 is 4.52 Å². The molecule has 3 heterocycles. The summed E-state index contributed by atoms with van der Waals surface area (Å²) >= 11 is 0. The monoisotopic (exact) mass is 348 g/mol. The van der Waals surface area contributed by atoms with Crippen molar-refractivity contribution in [1.29, 1.82) is 0 Å². The molecule has 26 heavy (non-hydrogen) atoms. The first-order valence-electron chi connectivity index (χ1n) is 8.39. The second-order valence-electron chi connectivity index (χ2n) is 7.24. The quantitative estimate of drug-likeness (QED) is 0.745. The third kappa shape index (κ3) is 2.92. The molecule has 1 aromatic carbocycles. The lowest BCUT2D eigenvalue weighted by Crippen LogP contribution is -2.15. The lowest BCUT2D eigenvalue weighted by atomic mass is 9.93. The summed E-state index contributed by atoms with van der Waals surface area (Å²) in [6.07, 6.45) is 3.35. The lowest BCUT2D eigenvalue weighted by molar-refractivity contribution is 0.457. The number of benzene rings is 1. The van der Waals surface area contributed by atoms with Crippen LogP contribution in [0.25, 0.3) is 11.0 Å². The molecule has 2 aromatic heterocycles. The minimum absolute atomic E-state index is 0.0676. The molecule has 0 unspecified atom stereocenters. The summed E-state index contributed by atoms with van der Waals surface area (Å²) in [6, 6.07) is 5.81. The van der Waals surface area contributed by atoms with Gasteiger partial charge in [-0.1, -0.05) is 32.5 Å². The molecule has 2 N–H and O–H groups in total. The average molecular weight is 348 g/mol. The zero-order chi connectivity index (χ0) is 18.3. The molecule has 0 radical (unpaired) electrons. The Kier molecular flexibility index (Phi) is 3.72. The number of rotatable bonds is 3. The predicted octanol–water partition coefficient (Wildman–Crippen LogP) is 3.96. The van der Waals surface area contributed by atoms with E-state index >= 15 is 0 Å². The SMILES string of the molecule is C=C(Nc1noc2cc(NC3=NCc4nccnc43)ccc12)C(C)(C)C. The van der Waals surface area contributed by atoms with Gasteiger partial charge in [0, 0.05) is 35.3 Å². The minimum Gasteiger partial charge on any atom is -0.354 e. The largest absolute Gasteiger partial charge is 0.354 e. The maximum atomic E-state index is 5.48. The van der Waals surface area contributed by atoms with Crippen LogP contribution in [0.1, 0.15) is 32.2 Å².